The molecule has 1 aliphatic heterocycles. The summed E-state index contributed by atoms with van der Waals surface area (Å²) < 4.78 is 43.1. The van der Waals surface area contributed by atoms with Crippen LogP contribution in [0.15, 0.2) is 48.5 Å². The van der Waals surface area contributed by atoms with Gasteiger partial charge in [0.1, 0.15) is 17.7 Å². The number of benzene rings is 2. The molecule has 0 saturated carbocycles. The molecule has 146 valence electrons. The van der Waals surface area contributed by atoms with Gasteiger partial charge in [-0.15, -0.1) is 0 Å². The highest BCUT2D eigenvalue weighted by Gasteiger charge is 2.18. The third-order valence-electron chi connectivity index (χ3n) is 4.63. The fourth-order valence-corrected chi connectivity index (χ4v) is 3.76. The molecular formula is C20H24FN2O3S-. The molecule has 0 bridgehead atoms. The number of unbranched alkanes of at least 4 members (excludes halogenated alkanes) is 1. The minimum atomic E-state index is -2.37. The first-order valence-corrected chi connectivity index (χ1v) is 10.2. The molecule has 1 N–H and O–H groups in total. The number of nitrogens with one attached hydrogen (secondary N) is 1. The fourth-order valence-electron chi connectivity index (χ4n) is 3.19. The van der Waals surface area contributed by atoms with E-state index in [1.165, 1.54) is 34.1 Å². The Morgan fingerprint density at radius 1 is 1.19 bits per heavy atom. The van der Waals surface area contributed by atoms with Crippen LogP contribution in [0.5, 0.6) is 5.75 Å². The quantitative estimate of drug-likeness (QED) is 0.527. The number of hydrogen-bond acceptors (Lipinski definition) is 4. The number of ether oxygens (including phenoxy) is 1. The van der Waals surface area contributed by atoms with E-state index < -0.39 is 11.3 Å². The Labute approximate surface area is 162 Å². The molecule has 2 aromatic rings. The number of hydrogen-bond donors (Lipinski definition) is 1. The predicted molar refractivity (Wildman–Crippen MR) is 104 cm³/mol. The summed E-state index contributed by atoms with van der Waals surface area (Å²) in [6.45, 7) is 1.95. The highest BCUT2D eigenvalue weighted by atomic mass is 32.2. The number of aryl methyl sites for hydroxylation is 1. The molecule has 2 atom stereocenters. The second kappa shape index (κ2) is 9.82. The molecule has 1 heterocycles. The molecule has 0 aromatic heterocycles. The molecule has 1 aliphatic rings. The molecule has 0 radical (unpaired) electrons. The molecule has 5 nitrogen and oxygen atoms in total. The van der Waals surface area contributed by atoms with Gasteiger partial charge in [0.25, 0.3) is 0 Å². The van der Waals surface area contributed by atoms with E-state index in [0.29, 0.717) is 18.7 Å². The molecule has 0 amide bonds. The smallest absolute Gasteiger partial charge is 0.123 e. The van der Waals surface area contributed by atoms with Gasteiger partial charge in [0, 0.05) is 30.0 Å². The first-order valence-electron chi connectivity index (χ1n) is 9.21. The van der Waals surface area contributed by atoms with E-state index in [9.17, 15) is 13.2 Å². The van der Waals surface area contributed by atoms with Crippen molar-refractivity contribution >= 4 is 17.0 Å². The van der Waals surface area contributed by atoms with Crippen molar-refractivity contribution in [2.45, 2.75) is 31.8 Å². The van der Waals surface area contributed by atoms with Crippen molar-refractivity contribution in [3.8, 4) is 5.75 Å². The van der Waals surface area contributed by atoms with Crippen LogP contribution >= 0.6 is 0 Å². The monoisotopic (exact) mass is 391 g/mol. The molecule has 7 heteroatoms. The van der Waals surface area contributed by atoms with Crippen molar-refractivity contribution in [2.24, 2.45) is 0 Å². The standard InChI is InChI=1S/C20H25FN2O3S/c21-17-8-10-18(11-9-17)23(27(24)25)14-4-3-13-22-15-19-12-7-16-5-1-2-6-20(16)26-19/h1-2,5-6,8-11,19,22H,3-4,7,12-15H2,(H,24,25)/p-1. The lowest BCUT2D eigenvalue weighted by molar-refractivity contribution is 0.170. The Bertz CT molecular complexity index is 757. The lowest BCUT2D eigenvalue weighted by Crippen LogP contribution is -2.35. The maximum absolute atomic E-state index is 13.0. The number of rotatable bonds is 9. The van der Waals surface area contributed by atoms with Crippen LogP contribution in [0.2, 0.25) is 0 Å². The molecule has 0 fully saturated rings. The van der Waals surface area contributed by atoms with Crippen molar-refractivity contribution in [2.75, 3.05) is 23.9 Å². The second-order valence-corrected chi connectivity index (χ2v) is 7.47. The third kappa shape index (κ3) is 5.76. The van der Waals surface area contributed by atoms with Crippen LogP contribution in [0.25, 0.3) is 0 Å². The van der Waals surface area contributed by atoms with Gasteiger partial charge in [0.15, 0.2) is 0 Å². The van der Waals surface area contributed by atoms with Crippen LogP contribution < -0.4 is 14.4 Å². The largest absolute Gasteiger partial charge is 0.755 e. The topological polar surface area (TPSA) is 64.6 Å². The van der Waals surface area contributed by atoms with Crippen molar-refractivity contribution in [1.29, 1.82) is 0 Å². The van der Waals surface area contributed by atoms with Gasteiger partial charge in [-0.1, -0.05) is 18.2 Å². The SMILES string of the molecule is O=S([O-])N(CCCCNCC1CCc2ccccc2O1)c1ccc(F)cc1. The van der Waals surface area contributed by atoms with Gasteiger partial charge in [-0.05, 0) is 68.1 Å². The summed E-state index contributed by atoms with van der Waals surface area (Å²) in [6.07, 6.45) is 3.76. The second-order valence-electron chi connectivity index (χ2n) is 6.59. The summed E-state index contributed by atoms with van der Waals surface area (Å²) in [5, 5.41) is 3.39. The highest BCUT2D eigenvalue weighted by molar-refractivity contribution is 7.80. The maximum Gasteiger partial charge on any atom is 0.123 e. The lowest BCUT2D eigenvalue weighted by atomic mass is 10.0. The van der Waals surface area contributed by atoms with Gasteiger partial charge < -0.3 is 18.9 Å². The first kappa shape index (κ1) is 19.8. The van der Waals surface area contributed by atoms with Gasteiger partial charge in [-0.2, -0.15) is 0 Å². The van der Waals surface area contributed by atoms with Crippen molar-refractivity contribution < 1.29 is 17.9 Å². The zero-order valence-electron chi connectivity index (χ0n) is 15.1. The van der Waals surface area contributed by atoms with Crippen molar-refractivity contribution in [3.63, 3.8) is 0 Å². The minimum Gasteiger partial charge on any atom is -0.755 e. The Hall–Kier alpha value is -1.96. The maximum atomic E-state index is 13.0. The van der Waals surface area contributed by atoms with Crippen LogP contribution in [-0.2, 0) is 17.7 Å². The average Bonchev–Trinajstić information content (AvgIpc) is 2.68. The van der Waals surface area contributed by atoms with Gasteiger partial charge in [-0.3, -0.25) is 4.21 Å². The number of fused-ring (bicyclic) bond motifs is 1. The minimum absolute atomic E-state index is 0.171. The average molecular weight is 391 g/mol. The number of anilines is 1. The zero-order chi connectivity index (χ0) is 19.1. The normalized spacial score (nSPS) is 17.0. The van der Waals surface area contributed by atoms with Gasteiger partial charge >= 0.3 is 0 Å². The molecule has 27 heavy (non-hydrogen) atoms. The Morgan fingerprint density at radius 3 is 2.74 bits per heavy atom. The molecule has 2 unspecified atom stereocenters. The van der Waals surface area contributed by atoms with E-state index in [4.69, 9.17) is 4.74 Å². The molecule has 0 spiro atoms. The van der Waals surface area contributed by atoms with Crippen LogP contribution in [-0.4, -0.2) is 34.5 Å². The summed E-state index contributed by atoms with van der Waals surface area (Å²) in [5.74, 6) is 0.593. The van der Waals surface area contributed by atoms with Crippen LogP contribution in [0.1, 0.15) is 24.8 Å². The van der Waals surface area contributed by atoms with Crippen molar-refractivity contribution in [3.05, 3.63) is 59.9 Å². The van der Waals surface area contributed by atoms with E-state index >= 15 is 0 Å². The van der Waals surface area contributed by atoms with Crippen LogP contribution in [0.4, 0.5) is 10.1 Å². The van der Waals surface area contributed by atoms with Gasteiger partial charge in [0.05, 0.1) is 0 Å². The van der Waals surface area contributed by atoms with E-state index in [1.807, 2.05) is 18.2 Å². The van der Waals surface area contributed by atoms with E-state index in [2.05, 4.69) is 11.4 Å². The summed E-state index contributed by atoms with van der Waals surface area (Å²) in [7, 11) is 0. The van der Waals surface area contributed by atoms with E-state index in [-0.39, 0.29) is 11.9 Å². The molecule has 0 aliphatic carbocycles. The predicted octanol–water partition coefficient (Wildman–Crippen LogP) is 3.19. The van der Waals surface area contributed by atoms with E-state index in [1.54, 1.807) is 0 Å². The first-order chi connectivity index (χ1) is 13.1. The summed E-state index contributed by atoms with van der Waals surface area (Å²) in [4.78, 5) is 0. The van der Waals surface area contributed by atoms with E-state index in [0.717, 1.165) is 38.1 Å². The van der Waals surface area contributed by atoms with Gasteiger partial charge in [-0.25, -0.2) is 4.39 Å². The molecular weight excluding hydrogens is 367 g/mol. The number of nitrogens with zero attached hydrogens (tertiary/aromatic N) is 1. The molecule has 0 saturated heterocycles. The van der Waals surface area contributed by atoms with Crippen LogP contribution in [0.3, 0.4) is 0 Å². The fraction of sp³-hybridized carbons (Fsp3) is 0.400. The Morgan fingerprint density at radius 2 is 1.96 bits per heavy atom. The van der Waals surface area contributed by atoms with Crippen molar-refractivity contribution in [1.82, 2.24) is 5.32 Å². The summed E-state index contributed by atoms with van der Waals surface area (Å²) >= 11 is -2.37. The lowest BCUT2D eigenvalue weighted by Gasteiger charge is -2.27. The Kier molecular flexibility index (Phi) is 7.20. The number of halogens is 1. The third-order valence-corrected chi connectivity index (χ3v) is 5.39. The van der Waals surface area contributed by atoms with Gasteiger partial charge in [0.2, 0.25) is 0 Å². The zero-order valence-corrected chi connectivity index (χ0v) is 15.9. The van der Waals surface area contributed by atoms with Crippen LogP contribution in [0, 0.1) is 5.82 Å². The summed E-state index contributed by atoms with van der Waals surface area (Å²) in [6, 6.07) is 13.6. The summed E-state index contributed by atoms with van der Waals surface area (Å²) in [5.41, 5.74) is 1.74. The number of para-hydroxylation sites is 1. The highest BCUT2D eigenvalue weighted by Crippen LogP contribution is 2.26. The Balaban J connectivity index is 1.35. The molecule has 3 rings (SSSR count). The molecule has 2 aromatic carbocycles.